The summed E-state index contributed by atoms with van der Waals surface area (Å²) in [4.78, 5) is 12.1. The Balaban J connectivity index is 1.19. The molecule has 0 heterocycles. The minimum atomic E-state index is -0.534. The Kier molecular flexibility index (Phi) is 28.4. The third-order valence-corrected chi connectivity index (χ3v) is 6.94. The molecule has 0 aromatic heterocycles. The molecule has 0 fully saturated rings. The van der Waals surface area contributed by atoms with Gasteiger partial charge in [0.15, 0.2) is 0 Å². The molecule has 0 bridgehead atoms. The minimum Gasteiger partial charge on any atom is -0.491 e. The molecule has 0 aliphatic rings. The van der Waals surface area contributed by atoms with Crippen LogP contribution in [0.3, 0.4) is 0 Å². The second-order valence-electron chi connectivity index (χ2n) is 12.6. The monoisotopic (exact) mass is 803 g/mol. The molecule has 0 atom stereocenters. The summed E-state index contributed by atoms with van der Waals surface area (Å²) in [7, 11) is 0. The predicted octanol–water partition coefficient (Wildman–Crippen LogP) is 4.50. The van der Waals surface area contributed by atoms with Crippen molar-refractivity contribution in [1.82, 2.24) is 0 Å². The Morgan fingerprint density at radius 2 is 0.782 bits per heavy atom. The second-order valence-corrected chi connectivity index (χ2v) is 13.0. The highest BCUT2D eigenvalue weighted by molar-refractivity contribution is 6.31. The van der Waals surface area contributed by atoms with Gasteiger partial charge >= 0.3 is 5.97 Å². The van der Waals surface area contributed by atoms with Crippen LogP contribution in [0.2, 0.25) is 5.02 Å². The molecule has 2 rings (SSSR count). The number of anilines is 1. The quantitative estimate of drug-likeness (QED) is 0.0582. The number of nitrogen functional groups attached to an aromatic ring is 1. The largest absolute Gasteiger partial charge is 0.491 e. The molecule has 55 heavy (non-hydrogen) atoms. The van der Waals surface area contributed by atoms with Crippen molar-refractivity contribution in [3.8, 4) is 11.5 Å². The van der Waals surface area contributed by atoms with Gasteiger partial charge in [0.2, 0.25) is 0 Å². The van der Waals surface area contributed by atoms with Gasteiger partial charge in [0.05, 0.1) is 138 Å². The topological polar surface area (TPSA) is 163 Å². The Labute approximate surface area is 331 Å². The first-order valence-corrected chi connectivity index (χ1v) is 19.0. The van der Waals surface area contributed by atoms with Gasteiger partial charge in [0.1, 0.15) is 30.3 Å². The average molecular weight is 804 g/mol. The van der Waals surface area contributed by atoms with Gasteiger partial charge in [-0.3, -0.25) is 0 Å². The van der Waals surface area contributed by atoms with E-state index in [4.69, 9.17) is 78.9 Å². The first kappa shape index (κ1) is 48.3. The number of benzene rings is 2. The lowest BCUT2D eigenvalue weighted by molar-refractivity contribution is -0.0269. The van der Waals surface area contributed by atoms with E-state index in [2.05, 4.69) is 0 Å². The maximum absolute atomic E-state index is 12.1. The lowest BCUT2D eigenvalue weighted by Crippen LogP contribution is -2.23. The van der Waals surface area contributed by atoms with Crippen molar-refractivity contribution >= 4 is 23.3 Å². The van der Waals surface area contributed by atoms with Crippen LogP contribution in [0.15, 0.2) is 42.5 Å². The van der Waals surface area contributed by atoms with Crippen LogP contribution in [0.4, 0.5) is 5.69 Å². The van der Waals surface area contributed by atoms with Crippen LogP contribution in [-0.2, 0) is 52.1 Å². The van der Waals surface area contributed by atoms with Crippen LogP contribution in [-0.4, -0.2) is 157 Å². The molecule has 15 nitrogen and oxygen atoms in total. The fraction of sp³-hybridized carbons (Fsp3) is 0.667. The third-order valence-electron chi connectivity index (χ3n) is 6.72. The molecule has 0 spiro atoms. The fourth-order valence-corrected chi connectivity index (χ4v) is 4.44. The van der Waals surface area contributed by atoms with Crippen molar-refractivity contribution in [3.63, 3.8) is 0 Å². The van der Waals surface area contributed by atoms with E-state index in [1.807, 2.05) is 20.8 Å². The molecule has 2 aromatic carbocycles. The summed E-state index contributed by atoms with van der Waals surface area (Å²) in [5.41, 5.74) is 6.23. The van der Waals surface area contributed by atoms with Crippen molar-refractivity contribution in [2.24, 2.45) is 0 Å². The third kappa shape index (κ3) is 29.2. The van der Waals surface area contributed by atoms with Gasteiger partial charge in [0.25, 0.3) is 0 Å². The maximum Gasteiger partial charge on any atom is 0.338 e. The lowest BCUT2D eigenvalue weighted by Gasteiger charge is -2.19. The normalized spacial score (nSPS) is 11.6. The fourth-order valence-electron chi connectivity index (χ4n) is 4.21. The zero-order valence-corrected chi connectivity index (χ0v) is 33.5. The molecule has 0 saturated heterocycles. The summed E-state index contributed by atoms with van der Waals surface area (Å²) in [5.74, 6) is 0.910. The SMILES string of the molecule is CC(C)(C)OC(=O)c1ccc(OCCOCCOCCOCCOCCOCCOCCOCCOCCOCCOCCOc2cc(N)cc(Cl)c2)cc1. The lowest BCUT2D eigenvalue weighted by atomic mass is 10.1. The minimum absolute atomic E-state index is 0.361. The summed E-state index contributed by atoms with van der Waals surface area (Å²) >= 11 is 5.94. The number of carbonyl (C=O) groups is 1. The second kappa shape index (κ2) is 32.3. The number of carbonyl (C=O) groups excluding carboxylic acids is 1. The molecule has 0 aliphatic carbocycles. The Morgan fingerprint density at radius 1 is 0.473 bits per heavy atom. The van der Waals surface area contributed by atoms with Gasteiger partial charge < -0.3 is 67.3 Å². The van der Waals surface area contributed by atoms with Crippen LogP contribution in [0.1, 0.15) is 31.1 Å². The van der Waals surface area contributed by atoms with E-state index >= 15 is 0 Å². The molecule has 0 aliphatic heterocycles. The number of nitrogens with two attached hydrogens (primary N) is 1. The molecule has 0 radical (unpaired) electrons. The maximum atomic E-state index is 12.1. The van der Waals surface area contributed by atoms with Crippen LogP contribution in [0, 0.1) is 0 Å². The van der Waals surface area contributed by atoms with Gasteiger partial charge in [-0.2, -0.15) is 0 Å². The van der Waals surface area contributed by atoms with Crippen molar-refractivity contribution in [3.05, 3.63) is 53.1 Å². The Bertz CT molecular complexity index is 1200. The number of ether oxygens (including phenoxy) is 13. The van der Waals surface area contributed by atoms with Crippen LogP contribution < -0.4 is 15.2 Å². The first-order chi connectivity index (χ1) is 26.7. The molecular formula is C39H62ClNO14. The highest BCUT2D eigenvalue weighted by Crippen LogP contribution is 2.22. The summed E-state index contributed by atoms with van der Waals surface area (Å²) in [5, 5.41) is 0.534. The Hall–Kier alpha value is -2.80. The van der Waals surface area contributed by atoms with Crippen molar-refractivity contribution < 1.29 is 66.4 Å². The van der Waals surface area contributed by atoms with Gasteiger partial charge in [0, 0.05) is 16.8 Å². The van der Waals surface area contributed by atoms with Crippen molar-refractivity contribution in [2.75, 3.05) is 151 Å². The molecule has 2 N–H and O–H groups in total. The number of esters is 1. The van der Waals surface area contributed by atoms with E-state index < -0.39 is 5.60 Å². The molecule has 2 aromatic rings. The molecule has 16 heteroatoms. The van der Waals surface area contributed by atoms with Crippen LogP contribution >= 0.6 is 11.6 Å². The van der Waals surface area contributed by atoms with Crippen molar-refractivity contribution in [2.45, 2.75) is 26.4 Å². The van der Waals surface area contributed by atoms with Crippen molar-refractivity contribution in [1.29, 1.82) is 0 Å². The van der Waals surface area contributed by atoms with Gasteiger partial charge in [-0.25, -0.2) is 4.79 Å². The smallest absolute Gasteiger partial charge is 0.338 e. The van der Waals surface area contributed by atoms with Gasteiger partial charge in [-0.1, -0.05) is 11.6 Å². The standard InChI is InChI=1S/C39H62ClNO14/c1-39(2,3)55-38(42)33-4-6-36(7-5-33)53-28-26-51-24-22-49-20-18-47-16-14-45-12-10-43-8-9-44-11-13-46-15-17-48-19-21-50-23-25-52-27-29-54-37-31-34(40)30-35(41)32-37/h4-7,30-32H,8-29,41H2,1-3H3. The number of rotatable bonds is 36. The van der Waals surface area contributed by atoms with Crippen LogP contribution in [0.25, 0.3) is 0 Å². The summed E-state index contributed by atoms with van der Waals surface area (Å²) < 4.78 is 71.5. The number of hydrogen-bond donors (Lipinski definition) is 1. The van der Waals surface area contributed by atoms with E-state index in [1.54, 1.807) is 42.5 Å². The van der Waals surface area contributed by atoms with E-state index in [0.717, 1.165) is 0 Å². The number of halogens is 1. The van der Waals surface area contributed by atoms with E-state index in [0.29, 0.717) is 173 Å². The van der Waals surface area contributed by atoms with Gasteiger partial charge in [-0.05, 0) is 57.2 Å². The van der Waals surface area contributed by atoms with E-state index in [1.165, 1.54) is 0 Å². The predicted molar refractivity (Wildman–Crippen MR) is 207 cm³/mol. The summed E-state index contributed by atoms with van der Waals surface area (Å²) in [6, 6.07) is 11.9. The first-order valence-electron chi connectivity index (χ1n) is 18.7. The molecule has 0 saturated carbocycles. The summed E-state index contributed by atoms with van der Waals surface area (Å²) in [6.45, 7) is 15.8. The molecule has 0 unspecified atom stereocenters. The van der Waals surface area contributed by atoms with E-state index in [-0.39, 0.29) is 5.97 Å². The molecule has 0 amide bonds. The average Bonchev–Trinajstić information content (AvgIpc) is 3.14. The highest BCUT2D eigenvalue weighted by atomic mass is 35.5. The number of hydrogen-bond acceptors (Lipinski definition) is 15. The molecular weight excluding hydrogens is 742 g/mol. The summed E-state index contributed by atoms with van der Waals surface area (Å²) in [6.07, 6.45) is 0. The van der Waals surface area contributed by atoms with Crippen LogP contribution in [0.5, 0.6) is 11.5 Å². The van der Waals surface area contributed by atoms with Gasteiger partial charge in [-0.15, -0.1) is 0 Å². The Morgan fingerprint density at radius 3 is 1.09 bits per heavy atom. The zero-order chi connectivity index (χ0) is 39.7. The molecule has 314 valence electrons. The highest BCUT2D eigenvalue weighted by Gasteiger charge is 2.17. The zero-order valence-electron chi connectivity index (χ0n) is 32.8. The van der Waals surface area contributed by atoms with E-state index in [9.17, 15) is 4.79 Å².